The summed E-state index contributed by atoms with van der Waals surface area (Å²) in [6.45, 7) is 4.84. The highest BCUT2D eigenvalue weighted by molar-refractivity contribution is 7.91. The number of ether oxygens (including phenoxy) is 1. The van der Waals surface area contributed by atoms with Crippen molar-refractivity contribution >= 4 is 27.3 Å². The van der Waals surface area contributed by atoms with E-state index >= 15 is 0 Å². The zero-order valence-corrected chi connectivity index (χ0v) is 17.8. The summed E-state index contributed by atoms with van der Waals surface area (Å²) < 4.78 is 33.2. The lowest BCUT2D eigenvalue weighted by Gasteiger charge is -2.40. The zero-order valence-electron chi connectivity index (χ0n) is 16.2. The monoisotopic (exact) mass is 427 g/mol. The fourth-order valence-corrected chi connectivity index (χ4v) is 7.12. The minimum absolute atomic E-state index is 0.108. The van der Waals surface area contributed by atoms with Crippen molar-refractivity contribution in [2.75, 3.05) is 52.5 Å². The van der Waals surface area contributed by atoms with Gasteiger partial charge in [0.05, 0.1) is 18.8 Å². The Morgan fingerprint density at radius 3 is 2.36 bits per heavy atom. The van der Waals surface area contributed by atoms with Crippen LogP contribution in [-0.4, -0.2) is 87.0 Å². The van der Waals surface area contributed by atoms with E-state index in [1.165, 1.54) is 32.1 Å². The fraction of sp³-hybridized carbons (Fsp3) is 0.737. The average molecular weight is 428 g/mol. The number of rotatable bonds is 4. The van der Waals surface area contributed by atoms with Gasteiger partial charge in [-0.05, 0) is 18.9 Å². The summed E-state index contributed by atoms with van der Waals surface area (Å²) in [5.41, 5.74) is 0.464. The topological polar surface area (TPSA) is 70.2 Å². The van der Waals surface area contributed by atoms with Gasteiger partial charge in [0.25, 0.3) is 15.9 Å². The van der Waals surface area contributed by atoms with E-state index in [1.54, 1.807) is 20.7 Å². The van der Waals surface area contributed by atoms with E-state index in [2.05, 4.69) is 4.90 Å². The summed E-state index contributed by atoms with van der Waals surface area (Å²) in [5, 5.41) is 1.67. The molecular weight excluding hydrogens is 398 g/mol. The molecule has 3 heterocycles. The first-order valence-corrected chi connectivity index (χ1v) is 12.6. The molecule has 156 valence electrons. The molecule has 2 saturated heterocycles. The van der Waals surface area contributed by atoms with Gasteiger partial charge in [-0.25, -0.2) is 8.42 Å². The van der Waals surface area contributed by atoms with Gasteiger partial charge in [-0.2, -0.15) is 4.31 Å². The number of amides is 1. The molecule has 0 radical (unpaired) electrons. The van der Waals surface area contributed by atoms with Crippen molar-refractivity contribution in [2.24, 2.45) is 0 Å². The second-order valence-corrected chi connectivity index (χ2v) is 10.9. The average Bonchev–Trinajstić information content (AvgIpc) is 3.26. The minimum atomic E-state index is -3.53. The van der Waals surface area contributed by atoms with Crippen LogP contribution in [-0.2, 0) is 14.8 Å². The lowest BCUT2D eigenvalue weighted by Crippen LogP contribution is -2.52. The van der Waals surface area contributed by atoms with Crippen LogP contribution in [0.5, 0.6) is 0 Å². The molecule has 0 N–H and O–H groups in total. The molecule has 28 heavy (non-hydrogen) atoms. The molecule has 3 aliphatic rings. The van der Waals surface area contributed by atoms with Crippen LogP contribution in [0.2, 0.25) is 0 Å². The van der Waals surface area contributed by atoms with Gasteiger partial charge in [0.1, 0.15) is 4.21 Å². The van der Waals surface area contributed by atoms with Crippen molar-refractivity contribution in [3.63, 3.8) is 0 Å². The standard InChI is InChI=1S/C19H29N3O4S2/c23-19(21-10-12-26-13-11-21)16-14-18(27-15-16)28(24,25)22-8-6-20(7-9-22)17-4-2-1-3-5-17/h14-15,17H,1-13H2. The Kier molecular flexibility index (Phi) is 6.37. The first-order chi connectivity index (χ1) is 13.6. The Balaban J connectivity index is 1.38. The third-order valence-electron chi connectivity index (χ3n) is 6.08. The maximum absolute atomic E-state index is 13.1. The van der Waals surface area contributed by atoms with E-state index in [4.69, 9.17) is 4.74 Å². The molecule has 4 rings (SSSR count). The number of nitrogens with zero attached hydrogens (tertiary/aromatic N) is 3. The molecule has 0 atom stereocenters. The molecular formula is C19H29N3O4S2. The van der Waals surface area contributed by atoms with Gasteiger partial charge in [0, 0.05) is 50.7 Å². The van der Waals surface area contributed by atoms with Crippen molar-refractivity contribution in [1.29, 1.82) is 0 Å². The number of morpholine rings is 1. The molecule has 1 aromatic heterocycles. The first kappa shape index (κ1) is 20.3. The Labute approximate surface area is 171 Å². The van der Waals surface area contributed by atoms with E-state index in [-0.39, 0.29) is 10.1 Å². The molecule has 1 aliphatic carbocycles. The number of thiophene rings is 1. The number of carbonyl (C=O) groups excluding carboxylic acids is 1. The van der Waals surface area contributed by atoms with Gasteiger partial charge >= 0.3 is 0 Å². The number of carbonyl (C=O) groups is 1. The van der Waals surface area contributed by atoms with Gasteiger partial charge in [0.2, 0.25) is 0 Å². The molecule has 0 spiro atoms. The van der Waals surface area contributed by atoms with Gasteiger partial charge in [-0.1, -0.05) is 19.3 Å². The van der Waals surface area contributed by atoms with Crippen LogP contribution in [0.4, 0.5) is 0 Å². The van der Waals surface area contributed by atoms with Crippen molar-refractivity contribution in [3.8, 4) is 0 Å². The fourth-order valence-electron chi connectivity index (χ4n) is 4.40. The first-order valence-electron chi connectivity index (χ1n) is 10.3. The molecule has 9 heteroatoms. The van der Waals surface area contributed by atoms with Crippen LogP contribution >= 0.6 is 11.3 Å². The normalized spacial score (nSPS) is 23.8. The summed E-state index contributed by atoms with van der Waals surface area (Å²) in [4.78, 5) is 16.8. The highest BCUT2D eigenvalue weighted by atomic mass is 32.2. The number of sulfonamides is 1. The molecule has 3 fully saturated rings. The van der Waals surface area contributed by atoms with Crippen LogP contribution in [0.25, 0.3) is 0 Å². The Morgan fingerprint density at radius 2 is 1.68 bits per heavy atom. The molecule has 1 aromatic rings. The van der Waals surface area contributed by atoms with E-state index in [0.29, 0.717) is 51.0 Å². The van der Waals surface area contributed by atoms with E-state index in [0.717, 1.165) is 24.4 Å². The van der Waals surface area contributed by atoms with E-state index < -0.39 is 10.0 Å². The summed E-state index contributed by atoms with van der Waals surface area (Å²) in [6, 6.07) is 2.17. The molecule has 0 bridgehead atoms. The maximum Gasteiger partial charge on any atom is 0.254 e. The summed E-state index contributed by atoms with van der Waals surface area (Å²) in [5.74, 6) is -0.108. The van der Waals surface area contributed by atoms with Gasteiger partial charge < -0.3 is 9.64 Å². The minimum Gasteiger partial charge on any atom is -0.378 e. The summed E-state index contributed by atoms with van der Waals surface area (Å²) >= 11 is 1.15. The van der Waals surface area contributed by atoms with Crippen LogP contribution in [0, 0.1) is 0 Å². The van der Waals surface area contributed by atoms with Crippen molar-refractivity contribution in [3.05, 3.63) is 17.0 Å². The Hall–Kier alpha value is -1.00. The molecule has 0 unspecified atom stereocenters. The second kappa shape index (κ2) is 8.79. The van der Waals surface area contributed by atoms with Crippen molar-refractivity contribution in [1.82, 2.24) is 14.1 Å². The molecule has 1 saturated carbocycles. The van der Waals surface area contributed by atoms with Gasteiger partial charge in [-0.15, -0.1) is 11.3 Å². The van der Waals surface area contributed by atoms with Crippen molar-refractivity contribution in [2.45, 2.75) is 42.4 Å². The summed E-state index contributed by atoms with van der Waals surface area (Å²) in [7, 11) is -3.53. The van der Waals surface area contributed by atoms with Crippen molar-refractivity contribution < 1.29 is 17.9 Å². The Bertz CT molecular complexity index is 775. The number of hydrogen-bond acceptors (Lipinski definition) is 6. The van der Waals surface area contributed by atoms with E-state index in [1.807, 2.05) is 0 Å². The van der Waals surface area contributed by atoms with Gasteiger partial charge in [0.15, 0.2) is 0 Å². The predicted molar refractivity (Wildman–Crippen MR) is 108 cm³/mol. The SMILES string of the molecule is O=C(c1csc(S(=O)(=O)N2CCN(C3CCCCC3)CC2)c1)N1CCOCC1. The van der Waals surface area contributed by atoms with Crippen LogP contribution in [0.3, 0.4) is 0 Å². The summed E-state index contributed by atoms with van der Waals surface area (Å²) in [6.07, 6.45) is 6.39. The predicted octanol–water partition coefficient (Wildman–Crippen LogP) is 1.86. The van der Waals surface area contributed by atoms with E-state index in [9.17, 15) is 13.2 Å². The van der Waals surface area contributed by atoms with Crippen LogP contribution < -0.4 is 0 Å². The lowest BCUT2D eigenvalue weighted by atomic mass is 9.94. The third-order valence-corrected chi connectivity index (χ3v) is 9.39. The molecule has 2 aliphatic heterocycles. The highest BCUT2D eigenvalue weighted by Crippen LogP contribution is 2.28. The zero-order chi connectivity index (χ0) is 19.6. The molecule has 7 nitrogen and oxygen atoms in total. The third kappa shape index (κ3) is 4.28. The highest BCUT2D eigenvalue weighted by Gasteiger charge is 2.33. The molecule has 1 amide bonds. The van der Waals surface area contributed by atoms with Crippen LogP contribution in [0.15, 0.2) is 15.7 Å². The molecule has 0 aromatic carbocycles. The quantitative estimate of drug-likeness (QED) is 0.734. The lowest BCUT2D eigenvalue weighted by molar-refractivity contribution is 0.0303. The second-order valence-electron chi connectivity index (χ2n) is 7.79. The largest absolute Gasteiger partial charge is 0.378 e. The number of hydrogen-bond donors (Lipinski definition) is 0. The number of piperazine rings is 1. The smallest absolute Gasteiger partial charge is 0.254 e. The Morgan fingerprint density at radius 1 is 1.00 bits per heavy atom. The van der Waals surface area contributed by atoms with Gasteiger partial charge in [-0.3, -0.25) is 9.69 Å². The maximum atomic E-state index is 13.1. The van der Waals surface area contributed by atoms with Crippen LogP contribution in [0.1, 0.15) is 42.5 Å².